The lowest BCUT2D eigenvalue weighted by molar-refractivity contribution is 0.0781. The number of likely N-dealkylation sites (tertiary alicyclic amines) is 1. The molecule has 3 heterocycles. The number of fused-ring (bicyclic) bond motifs is 1. The highest BCUT2D eigenvalue weighted by Crippen LogP contribution is 2.25. The summed E-state index contributed by atoms with van der Waals surface area (Å²) in [6.45, 7) is 1.54. The number of carbonyl (C=O) groups is 1. The summed E-state index contributed by atoms with van der Waals surface area (Å²) in [4.78, 5) is 22.5. The molecule has 0 bridgehead atoms. The molecular weight excluding hydrogens is 290 g/mol. The quantitative estimate of drug-likeness (QED) is 0.746. The number of hydrogen-bond acceptors (Lipinski definition) is 4. The Hall–Kier alpha value is -2.69. The number of pyridine rings is 1. The Bertz CT molecular complexity index is 824. The minimum Gasteiger partial charge on any atom is -0.451 e. The average Bonchev–Trinajstić information content (AvgIpc) is 3.27. The van der Waals surface area contributed by atoms with Crippen molar-refractivity contribution in [2.75, 3.05) is 13.1 Å². The Balaban J connectivity index is 1.49. The van der Waals surface area contributed by atoms with Crippen molar-refractivity contribution in [3.8, 4) is 0 Å². The molecule has 1 atom stereocenters. The van der Waals surface area contributed by atoms with E-state index in [4.69, 9.17) is 4.42 Å². The van der Waals surface area contributed by atoms with E-state index < -0.39 is 0 Å². The second-order valence-electron chi connectivity index (χ2n) is 5.97. The van der Waals surface area contributed by atoms with Gasteiger partial charge in [0.1, 0.15) is 6.26 Å². The van der Waals surface area contributed by atoms with Gasteiger partial charge in [-0.1, -0.05) is 18.2 Å². The van der Waals surface area contributed by atoms with E-state index in [2.05, 4.69) is 22.1 Å². The summed E-state index contributed by atoms with van der Waals surface area (Å²) in [7, 11) is 0. The molecule has 0 N–H and O–H groups in total. The van der Waals surface area contributed by atoms with E-state index in [1.807, 2.05) is 29.3 Å². The van der Waals surface area contributed by atoms with Gasteiger partial charge in [-0.15, -0.1) is 0 Å². The van der Waals surface area contributed by atoms with E-state index in [0.717, 1.165) is 31.4 Å². The van der Waals surface area contributed by atoms with Gasteiger partial charge in [-0.3, -0.25) is 9.78 Å². The molecule has 0 spiro atoms. The van der Waals surface area contributed by atoms with Crippen LogP contribution in [0.4, 0.5) is 0 Å². The van der Waals surface area contributed by atoms with Crippen LogP contribution in [0.3, 0.4) is 0 Å². The molecule has 1 amide bonds. The second kappa shape index (κ2) is 5.83. The first-order valence-electron chi connectivity index (χ1n) is 7.81. The maximum Gasteiger partial charge on any atom is 0.275 e. The third-order valence-electron chi connectivity index (χ3n) is 4.47. The van der Waals surface area contributed by atoms with E-state index in [1.54, 1.807) is 0 Å². The predicted octanol–water partition coefficient (Wildman–Crippen LogP) is 2.93. The Kier molecular flexibility index (Phi) is 3.54. The molecule has 5 nitrogen and oxygen atoms in total. The molecule has 3 aromatic rings. The fourth-order valence-electron chi connectivity index (χ4n) is 3.31. The van der Waals surface area contributed by atoms with Crippen molar-refractivity contribution in [1.29, 1.82) is 0 Å². The third kappa shape index (κ3) is 2.70. The van der Waals surface area contributed by atoms with Crippen molar-refractivity contribution in [2.45, 2.75) is 12.8 Å². The van der Waals surface area contributed by atoms with E-state index in [9.17, 15) is 4.79 Å². The van der Waals surface area contributed by atoms with Crippen molar-refractivity contribution in [3.63, 3.8) is 0 Å². The highest BCUT2D eigenvalue weighted by Gasteiger charge is 2.28. The molecule has 23 heavy (non-hydrogen) atoms. The summed E-state index contributed by atoms with van der Waals surface area (Å²) < 4.78 is 4.90. The van der Waals surface area contributed by atoms with Gasteiger partial charge in [-0.05, 0) is 36.5 Å². The lowest BCUT2D eigenvalue weighted by Crippen LogP contribution is -2.29. The molecule has 1 aliphatic rings. The fourth-order valence-corrected chi connectivity index (χ4v) is 3.31. The average molecular weight is 307 g/mol. The number of nitrogens with zero attached hydrogens (tertiary/aromatic N) is 3. The van der Waals surface area contributed by atoms with Gasteiger partial charge in [-0.2, -0.15) is 0 Å². The van der Waals surface area contributed by atoms with Gasteiger partial charge in [0.25, 0.3) is 5.91 Å². The van der Waals surface area contributed by atoms with Gasteiger partial charge in [0.15, 0.2) is 12.1 Å². The highest BCUT2D eigenvalue weighted by molar-refractivity contribution is 5.92. The monoisotopic (exact) mass is 307 g/mol. The Morgan fingerprint density at radius 3 is 3.04 bits per heavy atom. The minimum atomic E-state index is -0.0409. The molecule has 0 radical (unpaired) electrons. The van der Waals surface area contributed by atoms with Gasteiger partial charge in [0, 0.05) is 24.7 Å². The smallest absolute Gasteiger partial charge is 0.275 e. The van der Waals surface area contributed by atoms with Gasteiger partial charge in [-0.25, -0.2) is 4.98 Å². The van der Waals surface area contributed by atoms with Crippen LogP contribution in [0.25, 0.3) is 10.9 Å². The van der Waals surface area contributed by atoms with Crippen LogP contribution in [-0.2, 0) is 6.42 Å². The lowest BCUT2D eigenvalue weighted by atomic mass is 9.96. The summed E-state index contributed by atoms with van der Waals surface area (Å²) in [5.41, 5.74) is 2.72. The van der Waals surface area contributed by atoms with Crippen LogP contribution in [0.5, 0.6) is 0 Å². The standard InChI is InChI=1S/C18H17N3O2/c22-18(17-11-23-12-20-17)21-8-6-13(10-21)9-14-5-7-19-16-4-2-1-3-15(14)16/h1-5,7,11-13H,6,8-10H2. The van der Waals surface area contributed by atoms with Crippen molar-refractivity contribution in [3.05, 3.63) is 60.4 Å². The molecule has 1 aromatic carbocycles. The van der Waals surface area contributed by atoms with Crippen LogP contribution in [0.15, 0.2) is 53.6 Å². The molecule has 1 unspecified atom stereocenters. The first kappa shape index (κ1) is 13.9. The van der Waals surface area contributed by atoms with Crippen LogP contribution in [0, 0.1) is 5.92 Å². The Morgan fingerprint density at radius 2 is 2.17 bits per heavy atom. The summed E-state index contributed by atoms with van der Waals surface area (Å²) in [6, 6.07) is 10.3. The highest BCUT2D eigenvalue weighted by atomic mass is 16.3. The fraction of sp³-hybridized carbons (Fsp3) is 0.278. The lowest BCUT2D eigenvalue weighted by Gasteiger charge is -2.15. The maximum absolute atomic E-state index is 12.3. The normalized spacial score (nSPS) is 17.7. The molecule has 1 saturated heterocycles. The number of oxazole rings is 1. The number of benzene rings is 1. The van der Waals surface area contributed by atoms with Crippen LogP contribution in [0.2, 0.25) is 0 Å². The minimum absolute atomic E-state index is 0.0409. The van der Waals surface area contributed by atoms with Crippen LogP contribution in [0.1, 0.15) is 22.5 Å². The van der Waals surface area contributed by atoms with Crippen LogP contribution >= 0.6 is 0 Å². The number of carbonyl (C=O) groups excluding carboxylic acids is 1. The number of rotatable bonds is 3. The molecular formula is C18H17N3O2. The molecule has 1 fully saturated rings. The summed E-state index contributed by atoms with van der Waals surface area (Å²) in [5, 5.41) is 1.20. The third-order valence-corrected chi connectivity index (χ3v) is 4.47. The Labute approximate surface area is 134 Å². The van der Waals surface area contributed by atoms with Crippen molar-refractivity contribution in [1.82, 2.24) is 14.9 Å². The summed E-state index contributed by atoms with van der Waals surface area (Å²) in [6.07, 6.45) is 6.55. The number of aromatic nitrogens is 2. The van der Waals surface area contributed by atoms with E-state index in [0.29, 0.717) is 11.6 Å². The van der Waals surface area contributed by atoms with Crippen molar-refractivity contribution in [2.24, 2.45) is 5.92 Å². The molecule has 4 rings (SSSR count). The number of hydrogen-bond donors (Lipinski definition) is 0. The van der Waals surface area contributed by atoms with Crippen molar-refractivity contribution < 1.29 is 9.21 Å². The first-order valence-corrected chi connectivity index (χ1v) is 7.81. The summed E-state index contributed by atoms with van der Waals surface area (Å²) >= 11 is 0. The van der Waals surface area contributed by atoms with Gasteiger partial charge >= 0.3 is 0 Å². The largest absolute Gasteiger partial charge is 0.451 e. The predicted molar refractivity (Wildman–Crippen MR) is 86.0 cm³/mol. The van der Waals surface area contributed by atoms with E-state index in [1.165, 1.54) is 23.6 Å². The SMILES string of the molecule is O=C(c1cocn1)N1CCC(Cc2ccnc3ccccc23)C1. The molecule has 1 aliphatic heterocycles. The zero-order valence-corrected chi connectivity index (χ0v) is 12.7. The van der Waals surface area contributed by atoms with Gasteiger partial charge in [0.2, 0.25) is 0 Å². The molecule has 0 aliphatic carbocycles. The molecule has 2 aromatic heterocycles. The molecule has 5 heteroatoms. The van der Waals surface area contributed by atoms with Crippen LogP contribution < -0.4 is 0 Å². The van der Waals surface area contributed by atoms with E-state index in [-0.39, 0.29) is 5.91 Å². The van der Waals surface area contributed by atoms with Crippen molar-refractivity contribution >= 4 is 16.8 Å². The zero-order valence-electron chi connectivity index (χ0n) is 12.7. The molecule has 116 valence electrons. The Morgan fingerprint density at radius 1 is 1.26 bits per heavy atom. The molecule has 0 saturated carbocycles. The van der Waals surface area contributed by atoms with E-state index >= 15 is 0 Å². The number of para-hydroxylation sites is 1. The number of amides is 1. The zero-order chi connectivity index (χ0) is 15.6. The van der Waals surface area contributed by atoms with Gasteiger partial charge < -0.3 is 9.32 Å². The maximum atomic E-state index is 12.3. The van der Waals surface area contributed by atoms with Crippen LogP contribution in [-0.4, -0.2) is 33.9 Å². The van der Waals surface area contributed by atoms with Gasteiger partial charge in [0.05, 0.1) is 5.52 Å². The second-order valence-corrected chi connectivity index (χ2v) is 5.97. The summed E-state index contributed by atoms with van der Waals surface area (Å²) in [5.74, 6) is 0.428. The topological polar surface area (TPSA) is 59.2 Å². The first-order chi connectivity index (χ1) is 11.3.